The molecule has 2 aromatic heterocycles. The van der Waals surface area contributed by atoms with Crippen LogP contribution in [0.3, 0.4) is 0 Å². The van der Waals surface area contributed by atoms with Crippen molar-refractivity contribution in [3.63, 3.8) is 0 Å². The Balaban J connectivity index is 0.00000172. The summed E-state index contributed by atoms with van der Waals surface area (Å²) in [5.74, 6) is -0.228. The van der Waals surface area contributed by atoms with Crippen molar-refractivity contribution in [1.29, 1.82) is 0 Å². The van der Waals surface area contributed by atoms with Crippen LogP contribution in [0.4, 0.5) is 28.4 Å². The van der Waals surface area contributed by atoms with Gasteiger partial charge in [0.05, 0.1) is 10.4 Å². The van der Waals surface area contributed by atoms with Crippen LogP contribution in [0, 0.1) is 0 Å². The van der Waals surface area contributed by atoms with Gasteiger partial charge < -0.3 is 16.0 Å². The molecule has 9 heteroatoms. The number of rotatable bonds is 7. The number of hydrogen-bond donors (Lipinski definition) is 3. The van der Waals surface area contributed by atoms with Crippen molar-refractivity contribution in [2.75, 3.05) is 22.2 Å². The van der Waals surface area contributed by atoms with Gasteiger partial charge in [-0.3, -0.25) is 14.8 Å². The predicted octanol–water partition coefficient (Wildman–Crippen LogP) is 6.80. The van der Waals surface area contributed by atoms with Crippen molar-refractivity contribution >= 4 is 55.1 Å². The Hall–Kier alpha value is -4.76. The lowest BCUT2D eigenvalue weighted by atomic mass is 10.1. The van der Waals surface area contributed by atoms with Crippen molar-refractivity contribution in [1.82, 2.24) is 9.97 Å². The van der Waals surface area contributed by atoms with Crippen molar-refractivity contribution in [2.45, 2.75) is 18.7 Å². The van der Waals surface area contributed by atoms with Crippen LogP contribution in [0.15, 0.2) is 108 Å². The van der Waals surface area contributed by atoms with Crippen LogP contribution in [0.2, 0.25) is 0 Å². The molecule has 1 amide bonds. The van der Waals surface area contributed by atoms with E-state index >= 15 is 0 Å². The van der Waals surface area contributed by atoms with Gasteiger partial charge >= 0.3 is 0 Å². The van der Waals surface area contributed by atoms with Gasteiger partial charge in [0, 0.05) is 64.2 Å². The van der Waals surface area contributed by atoms with E-state index in [0.29, 0.717) is 27.8 Å². The Labute approximate surface area is 228 Å². The first-order valence-corrected chi connectivity index (χ1v) is 14.3. The lowest BCUT2D eigenvalue weighted by molar-refractivity contribution is 0.102. The van der Waals surface area contributed by atoms with Crippen LogP contribution >= 0.6 is 0 Å². The van der Waals surface area contributed by atoms with E-state index in [4.69, 9.17) is 0 Å². The molecule has 198 valence electrons. The Morgan fingerprint density at radius 1 is 0.692 bits per heavy atom. The summed E-state index contributed by atoms with van der Waals surface area (Å²) in [6.45, 7) is 4.00. The molecule has 0 saturated heterocycles. The summed E-state index contributed by atoms with van der Waals surface area (Å²) in [7, 11) is -3.35. The molecule has 8 nitrogen and oxygen atoms in total. The number of carbonyl (C=O) groups is 1. The number of pyridine rings is 2. The minimum absolute atomic E-state index is 0.226. The average Bonchev–Trinajstić information content (AvgIpc) is 2.95. The first-order chi connectivity index (χ1) is 18.8. The minimum atomic E-state index is -3.35. The summed E-state index contributed by atoms with van der Waals surface area (Å²) in [6, 6.07) is 24.8. The molecule has 0 atom stereocenters. The first kappa shape index (κ1) is 27.3. The summed E-state index contributed by atoms with van der Waals surface area (Å²) < 4.78 is 24.0. The maximum atomic E-state index is 12.7. The zero-order chi connectivity index (χ0) is 27.8. The van der Waals surface area contributed by atoms with Crippen LogP contribution < -0.4 is 16.0 Å². The highest BCUT2D eigenvalue weighted by Gasteiger charge is 2.11. The van der Waals surface area contributed by atoms with Crippen LogP contribution in [0.25, 0.3) is 10.9 Å². The second kappa shape index (κ2) is 12.2. The van der Waals surface area contributed by atoms with Gasteiger partial charge in [0.1, 0.15) is 0 Å². The summed E-state index contributed by atoms with van der Waals surface area (Å²) in [6.07, 6.45) is 6.26. The highest BCUT2D eigenvalue weighted by molar-refractivity contribution is 7.90. The second-order valence-electron chi connectivity index (χ2n) is 8.40. The lowest BCUT2D eigenvalue weighted by Gasteiger charge is -2.11. The van der Waals surface area contributed by atoms with Gasteiger partial charge in [-0.05, 0) is 84.9 Å². The Bertz CT molecular complexity index is 1670. The van der Waals surface area contributed by atoms with Gasteiger partial charge in [-0.1, -0.05) is 13.8 Å². The highest BCUT2D eigenvalue weighted by Crippen LogP contribution is 2.28. The number of nitrogens with one attached hydrogen (secondary N) is 3. The van der Waals surface area contributed by atoms with E-state index in [9.17, 15) is 13.2 Å². The van der Waals surface area contributed by atoms with E-state index in [0.717, 1.165) is 17.1 Å². The fourth-order valence-corrected chi connectivity index (χ4v) is 4.41. The quantitative estimate of drug-likeness (QED) is 0.208. The van der Waals surface area contributed by atoms with Crippen molar-refractivity contribution < 1.29 is 13.2 Å². The van der Waals surface area contributed by atoms with Crippen LogP contribution in [-0.4, -0.2) is 30.5 Å². The maximum Gasteiger partial charge on any atom is 0.255 e. The second-order valence-corrected chi connectivity index (χ2v) is 10.4. The molecule has 2 heterocycles. The van der Waals surface area contributed by atoms with E-state index in [2.05, 4.69) is 25.9 Å². The molecule has 0 saturated carbocycles. The maximum absolute atomic E-state index is 12.7. The molecular formula is C30H29N5O3S. The number of anilines is 5. The first-order valence-electron chi connectivity index (χ1n) is 12.4. The molecule has 0 fully saturated rings. The normalized spacial score (nSPS) is 10.7. The summed E-state index contributed by atoms with van der Waals surface area (Å²) in [5, 5.41) is 10.2. The molecule has 5 rings (SSSR count). The number of carbonyl (C=O) groups excluding carboxylic acids is 1. The number of sulfone groups is 1. The summed E-state index contributed by atoms with van der Waals surface area (Å²) in [5.41, 5.74) is 5.15. The van der Waals surface area contributed by atoms with Gasteiger partial charge in [0.15, 0.2) is 9.84 Å². The van der Waals surface area contributed by atoms with Gasteiger partial charge in [-0.2, -0.15) is 0 Å². The van der Waals surface area contributed by atoms with Crippen LogP contribution in [-0.2, 0) is 9.84 Å². The molecule has 0 bridgehead atoms. The molecule has 0 radical (unpaired) electrons. The molecule has 39 heavy (non-hydrogen) atoms. The SMILES string of the molecule is CC.CS(=O)(=O)c1ccc2nccc(Nc3ccc(C(=O)Nc4ccc(Nc5ccncc5)cc4)cc3)c2c1. The van der Waals surface area contributed by atoms with Crippen molar-refractivity contribution in [3.05, 3.63) is 109 Å². The predicted molar refractivity (Wildman–Crippen MR) is 158 cm³/mol. The van der Waals surface area contributed by atoms with Gasteiger partial charge in [0.25, 0.3) is 5.91 Å². The van der Waals surface area contributed by atoms with E-state index in [-0.39, 0.29) is 10.8 Å². The Morgan fingerprint density at radius 2 is 1.28 bits per heavy atom. The minimum Gasteiger partial charge on any atom is -0.355 e. The summed E-state index contributed by atoms with van der Waals surface area (Å²) in [4.78, 5) is 21.3. The Morgan fingerprint density at radius 3 is 1.95 bits per heavy atom. The third-order valence-electron chi connectivity index (χ3n) is 5.68. The number of nitrogens with zero attached hydrogens (tertiary/aromatic N) is 2. The van der Waals surface area contributed by atoms with Crippen molar-refractivity contribution in [2.24, 2.45) is 0 Å². The van der Waals surface area contributed by atoms with Crippen molar-refractivity contribution in [3.8, 4) is 0 Å². The average molecular weight is 540 g/mol. The molecule has 0 spiro atoms. The molecule has 0 aliphatic carbocycles. The number of aromatic nitrogens is 2. The smallest absolute Gasteiger partial charge is 0.255 e. The standard InChI is InChI=1S/C28H23N5O3S.C2H6/c1-37(35,36)24-10-11-26-25(18-24)27(14-17-30-26)32-21-4-2-19(3-5-21)28(34)33-22-8-6-20(7-9-22)31-23-12-15-29-16-13-23;1-2/h2-18H,1H3,(H,29,31)(H,30,32)(H,33,34);1-2H3. The largest absolute Gasteiger partial charge is 0.355 e. The lowest BCUT2D eigenvalue weighted by Crippen LogP contribution is -2.11. The van der Waals surface area contributed by atoms with E-state index < -0.39 is 9.84 Å². The molecule has 0 unspecified atom stereocenters. The number of fused-ring (bicyclic) bond motifs is 1. The van der Waals surface area contributed by atoms with Crippen LogP contribution in [0.5, 0.6) is 0 Å². The molecular weight excluding hydrogens is 510 g/mol. The summed E-state index contributed by atoms with van der Waals surface area (Å²) >= 11 is 0. The van der Waals surface area contributed by atoms with E-state index in [1.807, 2.05) is 50.2 Å². The number of hydrogen-bond acceptors (Lipinski definition) is 7. The van der Waals surface area contributed by atoms with Gasteiger partial charge in [-0.15, -0.1) is 0 Å². The number of amides is 1. The van der Waals surface area contributed by atoms with Gasteiger partial charge in [-0.25, -0.2) is 8.42 Å². The number of benzene rings is 3. The fourth-order valence-electron chi connectivity index (χ4n) is 3.77. The monoisotopic (exact) mass is 539 g/mol. The zero-order valence-electron chi connectivity index (χ0n) is 21.8. The van der Waals surface area contributed by atoms with E-state index in [1.165, 1.54) is 6.26 Å². The Kier molecular flexibility index (Phi) is 8.53. The van der Waals surface area contributed by atoms with E-state index in [1.54, 1.807) is 67.1 Å². The molecule has 3 aromatic carbocycles. The topological polar surface area (TPSA) is 113 Å². The molecule has 3 N–H and O–H groups in total. The zero-order valence-corrected chi connectivity index (χ0v) is 22.7. The molecule has 5 aromatic rings. The van der Waals surface area contributed by atoms with Gasteiger partial charge in [0.2, 0.25) is 0 Å². The highest BCUT2D eigenvalue weighted by atomic mass is 32.2. The third kappa shape index (κ3) is 6.97. The molecule has 0 aliphatic heterocycles. The molecule has 0 aliphatic rings. The fraction of sp³-hybridized carbons (Fsp3) is 0.100. The van der Waals surface area contributed by atoms with Crippen LogP contribution in [0.1, 0.15) is 24.2 Å². The third-order valence-corrected chi connectivity index (χ3v) is 6.79.